The summed E-state index contributed by atoms with van der Waals surface area (Å²) in [5.74, 6) is 0.597. The molecule has 2 aromatic rings. The highest BCUT2D eigenvalue weighted by atomic mass is 32.1. The first-order chi connectivity index (χ1) is 9.65. The summed E-state index contributed by atoms with van der Waals surface area (Å²) in [4.78, 5) is 14.1. The Morgan fingerprint density at radius 1 is 1.30 bits per heavy atom. The van der Waals surface area contributed by atoms with E-state index in [0.29, 0.717) is 31.0 Å². The molecule has 4 nitrogen and oxygen atoms in total. The van der Waals surface area contributed by atoms with Crippen LogP contribution in [0.1, 0.15) is 16.2 Å². The molecule has 0 fully saturated rings. The predicted octanol–water partition coefficient (Wildman–Crippen LogP) is 2.72. The average Bonchev–Trinajstić information content (AvgIpc) is 2.84. The zero-order valence-electron chi connectivity index (χ0n) is 11.4. The summed E-state index contributed by atoms with van der Waals surface area (Å²) in [5, 5.41) is 2.87. The number of carbonyl (C=O) groups excluding carboxylic acids is 1. The summed E-state index contributed by atoms with van der Waals surface area (Å²) in [6, 6.07) is 11.3. The molecule has 20 heavy (non-hydrogen) atoms. The maximum absolute atomic E-state index is 11.7. The number of nitrogens with one attached hydrogen (secondary N) is 1. The van der Waals surface area contributed by atoms with E-state index in [1.165, 1.54) is 4.88 Å². The summed E-state index contributed by atoms with van der Waals surface area (Å²) in [5.41, 5.74) is 6.34. The molecular formula is C15H18N2O2S. The van der Waals surface area contributed by atoms with Gasteiger partial charge in [-0.1, -0.05) is 12.1 Å². The molecule has 5 heteroatoms. The number of hydrogen-bond acceptors (Lipinski definition) is 4. The monoisotopic (exact) mass is 290 g/mol. The lowest BCUT2D eigenvalue weighted by molar-refractivity contribution is -0.121. The Bertz CT molecular complexity index is 581. The smallest absolute Gasteiger partial charge is 0.223 e. The standard InChI is InChI=1S/C15H18N2O2S/c1-11-6-7-12(20-11)10-17-15(18)8-9-19-14-5-3-2-4-13(14)16/h2-7H,8-10,16H2,1H3,(H,17,18). The number of benzene rings is 1. The number of thiophene rings is 1. The molecule has 1 amide bonds. The number of anilines is 1. The minimum Gasteiger partial charge on any atom is -0.491 e. The summed E-state index contributed by atoms with van der Waals surface area (Å²) >= 11 is 1.69. The maximum Gasteiger partial charge on any atom is 0.223 e. The van der Waals surface area contributed by atoms with Gasteiger partial charge < -0.3 is 15.8 Å². The minimum atomic E-state index is -0.0226. The van der Waals surface area contributed by atoms with E-state index < -0.39 is 0 Å². The topological polar surface area (TPSA) is 64.3 Å². The predicted molar refractivity (Wildman–Crippen MR) is 81.9 cm³/mol. The van der Waals surface area contributed by atoms with Crippen molar-refractivity contribution in [3.63, 3.8) is 0 Å². The number of ether oxygens (including phenoxy) is 1. The lowest BCUT2D eigenvalue weighted by Gasteiger charge is -2.08. The summed E-state index contributed by atoms with van der Waals surface area (Å²) < 4.78 is 5.48. The Morgan fingerprint density at radius 2 is 2.10 bits per heavy atom. The summed E-state index contributed by atoms with van der Waals surface area (Å²) in [7, 11) is 0. The third kappa shape index (κ3) is 4.28. The molecule has 0 bridgehead atoms. The van der Waals surface area contributed by atoms with Crippen LogP contribution in [0.5, 0.6) is 5.75 Å². The van der Waals surface area contributed by atoms with Crippen LogP contribution in [0.4, 0.5) is 5.69 Å². The molecule has 0 saturated carbocycles. The highest BCUT2D eigenvalue weighted by Gasteiger charge is 2.04. The summed E-state index contributed by atoms with van der Waals surface area (Å²) in [6.45, 7) is 2.95. The second kappa shape index (κ2) is 6.96. The molecule has 0 radical (unpaired) electrons. The first-order valence-electron chi connectivity index (χ1n) is 6.44. The van der Waals surface area contributed by atoms with Crippen LogP contribution in [-0.2, 0) is 11.3 Å². The number of nitrogens with two attached hydrogens (primary N) is 1. The lowest BCUT2D eigenvalue weighted by atomic mass is 10.3. The van der Waals surface area contributed by atoms with Crippen molar-refractivity contribution in [3.05, 3.63) is 46.2 Å². The van der Waals surface area contributed by atoms with Gasteiger partial charge >= 0.3 is 0 Å². The normalized spacial score (nSPS) is 10.2. The van der Waals surface area contributed by atoms with Gasteiger partial charge in [-0.15, -0.1) is 11.3 Å². The Kier molecular flexibility index (Phi) is 5.01. The molecule has 1 aromatic heterocycles. The van der Waals surface area contributed by atoms with Crippen LogP contribution in [0.2, 0.25) is 0 Å². The van der Waals surface area contributed by atoms with Crippen molar-refractivity contribution in [3.8, 4) is 5.75 Å². The molecule has 0 aliphatic rings. The SMILES string of the molecule is Cc1ccc(CNC(=O)CCOc2ccccc2N)s1. The fourth-order valence-electron chi connectivity index (χ4n) is 1.72. The van der Waals surface area contributed by atoms with Crippen LogP contribution in [0.3, 0.4) is 0 Å². The largest absolute Gasteiger partial charge is 0.491 e. The quantitative estimate of drug-likeness (QED) is 0.804. The van der Waals surface area contributed by atoms with Gasteiger partial charge in [0.05, 0.1) is 25.3 Å². The van der Waals surface area contributed by atoms with Crippen LogP contribution in [0, 0.1) is 6.92 Å². The molecule has 0 atom stereocenters. The van der Waals surface area contributed by atoms with E-state index in [9.17, 15) is 4.79 Å². The van der Waals surface area contributed by atoms with E-state index in [1.807, 2.05) is 31.2 Å². The van der Waals surface area contributed by atoms with Crippen molar-refractivity contribution in [2.75, 3.05) is 12.3 Å². The van der Waals surface area contributed by atoms with E-state index >= 15 is 0 Å². The Balaban J connectivity index is 1.69. The fourth-order valence-corrected chi connectivity index (χ4v) is 2.55. The molecule has 1 aromatic carbocycles. The number of nitrogen functional groups attached to an aromatic ring is 1. The van der Waals surface area contributed by atoms with Crippen molar-refractivity contribution >= 4 is 22.9 Å². The van der Waals surface area contributed by atoms with Gasteiger partial charge in [0, 0.05) is 9.75 Å². The minimum absolute atomic E-state index is 0.0226. The zero-order chi connectivity index (χ0) is 14.4. The third-order valence-electron chi connectivity index (χ3n) is 2.76. The van der Waals surface area contributed by atoms with E-state index in [2.05, 4.69) is 5.32 Å². The van der Waals surface area contributed by atoms with Crippen LogP contribution < -0.4 is 15.8 Å². The number of aryl methyl sites for hydroxylation is 1. The molecule has 106 valence electrons. The fraction of sp³-hybridized carbons (Fsp3) is 0.267. The molecule has 1 heterocycles. The van der Waals surface area contributed by atoms with E-state index in [-0.39, 0.29) is 5.91 Å². The first kappa shape index (κ1) is 14.4. The molecule has 0 saturated heterocycles. The van der Waals surface area contributed by atoms with E-state index in [4.69, 9.17) is 10.5 Å². The van der Waals surface area contributed by atoms with Crippen LogP contribution >= 0.6 is 11.3 Å². The number of carbonyl (C=O) groups is 1. The highest BCUT2D eigenvalue weighted by molar-refractivity contribution is 7.11. The molecular weight excluding hydrogens is 272 g/mol. The van der Waals surface area contributed by atoms with Crippen LogP contribution in [-0.4, -0.2) is 12.5 Å². The van der Waals surface area contributed by atoms with Crippen LogP contribution in [0.25, 0.3) is 0 Å². The molecule has 0 aliphatic carbocycles. The zero-order valence-corrected chi connectivity index (χ0v) is 12.2. The van der Waals surface area contributed by atoms with Crippen molar-refractivity contribution in [2.45, 2.75) is 19.9 Å². The molecule has 0 spiro atoms. The van der Waals surface area contributed by atoms with Crippen LogP contribution in [0.15, 0.2) is 36.4 Å². The van der Waals surface area contributed by atoms with Gasteiger partial charge in [-0.2, -0.15) is 0 Å². The molecule has 0 unspecified atom stereocenters. The lowest BCUT2D eigenvalue weighted by Crippen LogP contribution is -2.24. The van der Waals surface area contributed by atoms with E-state index in [1.54, 1.807) is 23.5 Å². The average molecular weight is 290 g/mol. The Labute approximate surface area is 122 Å². The van der Waals surface area contributed by atoms with Gasteiger partial charge in [0.15, 0.2) is 0 Å². The Hall–Kier alpha value is -2.01. The Morgan fingerprint density at radius 3 is 2.80 bits per heavy atom. The molecule has 3 N–H and O–H groups in total. The van der Waals surface area contributed by atoms with Gasteiger partial charge in [0.1, 0.15) is 5.75 Å². The second-order valence-corrected chi connectivity index (χ2v) is 5.80. The van der Waals surface area contributed by atoms with Crippen molar-refractivity contribution in [1.82, 2.24) is 5.32 Å². The van der Waals surface area contributed by atoms with Crippen molar-refractivity contribution < 1.29 is 9.53 Å². The number of para-hydroxylation sites is 2. The molecule has 2 rings (SSSR count). The maximum atomic E-state index is 11.7. The first-order valence-corrected chi connectivity index (χ1v) is 7.26. The summed E-state index contributed by atoms with van der Waals surface area (Å²) in [6.07, 6.45) is 0.318. The van der Waals surface area contributed by atoms with Crippen molar-refractivity contribution in [1.29, 1.82) is 0 Å². The van der Waals surface area contributed by atoms with E-state index in [0.717, 1.165) is 4.88 Å². The van der Waals surface area contributed by atoms with Gasteiger partial charge in [0.2, 0.25) is 5.91 Å². The number of rotatable bonds is 6. The number of amides is 1. The number of hydrogen-bond donors (Lipinski definition) is 2. The second-order valence-electron chi connectivity index (χ2n) is 4.43. The van der Waals surface area contributed by atoms with Gasteiger partial charge in [0.25, 0.3) is 0 Å². The van der Waals surface area contributed by atoms with Crippen molar-refractivity contribution in [2.24, 2.45) is 0 Å². The van der Waals surface area contributed by atoms with Gasteiger partial charge in [-0.25, -0.2) is 0 Å². The van der Waals surface area contributed by atoms with Gasteiger partial charge in [-0.3, -0.25) is 4.79 Å². The highest BCUT2D eigenvalue weighted by Crippen LogP contribution is 2.19. The third-order valence-corrected chi connectivity index (χ3v) is 3.76. The van der Waals surface area contributed by atoms with Gasteiger partial charge in [-0.05, 0) is 31.2 Å². The molecule has 0 aliphatic heterocycles.